The standard InChI is InChI=1S/C23H30FN3O/c1-3-27(23(28)17-19-9-11-21(24)12-10-19)22-13-15-26(16-14-22)25-18(2)20-7-5-4-6-8-20/h4-12,18,22,25H,3,13-17H2,1-2H3. The van der Waals surface area contributed by atoms with Crippen LogP contribution in [-0.2, 0) is 11.2 Å². The topological polar surface area (TPSA) is 35.6 Å². The number of carbonyl (C=O) groups is 1. The molecular formula is C23H30FN3O. The maximum absolute atomic E-state index is 13.1. The predicted molar refractivity (Wildman–Crippen MR) is 110 cm³/mol. The fraction of sp³-hybridized carbons (Fsp3) is 0.435. The first-order chi connectivity index (χ1) is 13.6. The van der Waals surface area contributed by atoms with Crippen LogP contribution in [0.4, 0.5) is 4.39 Å². The highest BCUT2D eigenvalue weighted by Crippen LogP contribution is 2.19. The van der Waals surface area contributed by atoms with Crippen molar-refractivity contribution in [2.45, 2.75) is 45.2 Å². The fourth-order valence-electron chi connectivity index (χ4n) is 3.91. The Labute approximate surface area is 167 Å². The van der Waals surface area contributed by atoms with Gasteiger partial charge in [0.1, 0.15) is 5.82 Å². The third kappa shape index (κ3) is 5.40. The number of benzene rings is 2. The quantitative estimate of drug-likeness (QED) is 0.786. The van der Waals surface area contributed by atoms with Crippen LogP contribution in [0.15, 0.2) is 54.6 Å². The molecule has 1 heterocycles. The van der Waals surface area contributed by atoms with Gasteiger partial charge in [-0.2, -0.15) is 0 Å². The molecule has 0 bridgehead atoms. The van der Waals surface area contributed by atoms with E-state index in [-0.39, 0.29) is 23.8 Å². The molecule has 0 radical (unpaired) electrons. The van der Waals surface area contributed by atoms with Crippen LogP contribution < -0.4 is 5.43 Å². The van der Waals surface area contributed by atoms with Gasteiger partial charge in [-0.1, -0.05) is 42.5 Å². The molecule has 1 unspecified atom stereocenters. The number of likely N-dealkylation sites (N-methyl/N-ethyl adjacent to an activating group) is 1. The van der Waals surface area contributed by atoms with Crippen LogP contribution in [-0.4, -0.2) is 41.5 Å². The van der Waals surface area contributed by atoms with Crippen molar-refractivity contribution in [3.63, 3.8) is 0 Å². The molecule has 2 aromatic rings. The number of nitrogens with zero attached hydrogens (tertiary/aromatic N) is 2. The Morgan fingerprint density at radius 2 is 1.79 bits per heavy atom. The van der Waals surface area contributed by atoms with Crippen LogP contribution in [0, 0.1) is 5.82 Å². The summed E-state index contributed by atoms with van der Waals surface area (Å²) < 4.78 is 13.1. The van der Waals surface area contributed by atoms with E-state index in [0.29, 0.717) is 13.0 Å². The van der Waals surface area contributed by atoms with Gasteiger partial charge in [0, 0.05) is 31.7 Å². The Kier molecular flexibility index (Phi) is 7.18. The highest BCUT2D eigenvalue weighted by molar-refractivity contribution is 5.79. The summed E-state index contributed by atoms with van der Waals surface area (Å²) in [6.45, 7) is 6.75. The van der Waals surface area contributed by atoms with Crippen LogP contribution >= 0.6 is 0 Å². The first-order valence-corrected chi connectivity index (χ1v) is 10.2. The molecule has 1 fully saturated rings. The Bertz CT molecular complexity index is 742. The number of halogens is 1. The normalized spacial score (nSPS) is 16.7. The van der Waals surface area contributed by atoms with Crippen LogP contribution in [0.1, 0.15) is 43.9 Å². The lowest BCUT2D eigenvalue weighted by molar-refractivity contribution is -0.133. The molecule has 0 aromatic heterocycles. The summed E-state index contributed by atoms with van der Waals surface area (Å²) in [4.78, 5) is 14.8. The van der Waals surface area contributed by atoms with E-state index in [1.807, 2.05) is 17.9 Å². The summed E-state index contributed by atoms with van der Waals surface area (Å²) in [6.07, 6.45) is 2.24. The van der Waals surface area contributed by atoms with Gasteiger partial charge in [-0.25, -0.2) is 14.8 Å². The summed E-state index contributed by atoms with van der Waals surface area (Å²) in [5.41, 5.74) is 5.72. The summed E-state index contributed by atoms with van der Waals surface area (Å²) >= 11 is 0. The molecule has 0 spiro atoms. The first-order valence-electron chi connectivity index (χ1n) is 10.2. The minimum atomic E-state index is -0.270. The molecule has 2 aromatic carbocycles. The van der Waals surface area contributed by atoms with Crippen molar-refractivity contribution in [2.24, 2.45) is 0 Å². The second kappa shape index (κ2) is 9.80. The molecule has 0 saturated carbocycles. The number of nitrogens with one attached hydrogen (secondary N) is 1. The lowest BCUT2D eigenvalue weighted by Crippen LogP contribution is -2.51. The molecule has 1 atom stereocenters. The fourth-order valence-corrected chi connectivity index (χ4v) is 3.91. The van der Waals surface area contributed by atoms with E-state index in [1.54, 1.807) is 12.1 Å². The average molecular weight is 384 g/mol. The van der Waals surface area contributed by atoms with Crippen molar-refractivity contribution in [1.82, 2.24) is 15.3 Å². The molecular weight excluding hydrogens is 353 g/mol. The molecule has 1 amide bonds. The third-order valence-electron chi connectivity index (χ3n) is 5.51. The van der Waals surface area contributed by atoms with Crippen LogP contribution in [0.2, 0.25) is 0 Å². The largest absolute Gasteiger partial charge is 0.340 e. The van der Waals surface area contributed by atoms with E-state index < -0.39 is 0 Å². The molecule has 1 aliphatic heterocycles. The van der Waals surface area contributed by atoms with Crippen molar-refractivity contribution in [1.29, 1.82) is 0 Å². The van der Waals surface area contributed by atoms with Gasteiger partial charge in [-0.05, 0) is 49.9 Å². The Morgan fingerprint density at radius 3 is 2.39 bits per heavy atom. The van der Waals surface area contributed by atoms with Gasteiger partial charge in [0.15, 0.2) is 0 Å². The van der Waals surface area contributed by atoms with Gasteiger partial charge in [0.05, 0.1) is 6.42 Å². The SMILES string of the molecule is CCN(C(=O)Cc1ccc(F)cc1)C1CCN(NC(C)c2ccccc2)CC1. The van der Waals surface area contributed by atoms with E-state index >= 15 is 0 Å². The zero-order valence-corrected chi connectivity index (χ0v) is 16.8. The molecule has 3 rings (SSSR count). The Hall–Kier alpha value is -2.24. The number of hydrogen-bond acceptors (Lipinski definition) is 3. The number of hydrogen-bond donors (Lipinski definition) is 1. The summed E-state index contributed by atoms with van der Waals surface area (Å²) in [5, 5.41) is 2.27. The van der Waals surface area contributed by atoms with Crippen molar-refractivity contribution < 1.29 is 9.18 Å². The van der Waals surface area contributed by atoms with Crippen molar-refractivity contribution in [3.8, 4) is 0 Å². The van der Waals surface area contributed by atoms with Gasteiger partial charge in [-0.3, -0.25) is 4.79 Å². The van der Waals surface area contributed by atoms with Crippen LogP contribution in [0.5, 0.6) is 0 Å². The number of carbonyl (C=O) groups excluding carboxylic acids is 1. The first kappa shape index (κ1) is 20.5. The van der Waals surface area contributed by atoms with Gasteiger partial charge in [-0.15, -0.1) is 0 Å². The Morgan fingerprint density at radius 1 is 1.14 bits per heavy atom. The van der Waals surface area contributed by atoms with Crippen molar-refractivity contribution in [2.75, 3.05) is 19.6 Å². The lowest BCUT2D eigenvalue weighted by atomic mass is 10.0. The number of hydrazine groups is 1. The van der Waals surface area contributed by atoms with Crippen LogP contribution in [0.3, 0.4) is 0 Å². The highest BCUT2D eigenvalue weighted by atomic mass is 19.1. The molecule has 4 nitrogen and oxygen atoms in total. The molecule has 5 heteroatoms. The van der Waals surface area contributed by atoms with Crippen molar-refractivity contribution >= 4 is 5.91 Å². The molecule has 1 aliphatic rings. The van der Waals surface area contributed by atoms with Gasteiger partial charge in [0.25, 0.3) is 0 Å². The van der Waals surface area contributed by atoms with Gasteiger partial charge in [0.2, 0.25) is 5.91 Å². The predicted octanol–water partition coefficient (Wildman–Crippen LogP) is 3.95. The maximum Gasteiger partial charge on any atom is 0.227 e. The van der Waals surface area contributed by atoms with Gasteiger partial charge < -0.3 is 4.90 Å². The maximum atomic E-state index is 13.1. The van der Waals surface area contributed by atoms with E-state index in [2.05, 4.69) is 41.6 Å². The minimum Gasteiger partial charge on any atom is -0.340 e. The van der Waals surface area contributed by atoms with E-state index in [9.17, 15) is 9.18 Å². The zero-order valence-electron chi connectivity index (χ0n) is 16.8. The number of amides is 1. The molecule has 150 valence electrons. The van der Waals surface area contributed by atoms with Gasteiger partial charge >= 0.3 is 0 Å². The number of rotatable bonds is 7. The second-order valence-electron chi connectivity index (χ2n) is 7.46. The highest BCUT2D eigenvalue weighted by Gasteiger charge is 2.27. The monoisotopic (exact) mass is 383 g/mol. The third-order valence-corrected chi connectivity index (χ3v) is 5.51. The second-order valence-corrected chi connectivity index (χ2v) is 7.46. The van der Waals surface area contributed by atoms with E-state index in [0.717, 1.165) is 31.5 Å². The van der Waals surface area contributed by atoms with E-state index in [1.165, 1.54) is 17.7 Å². The summed E-state index contributed by atoms with van der Waals surface area (Å²) in [7, 11) is 0. The zero-order chi connectivity index (χ0) is 19.9. The molecule has 0 aliphatic carbocycles. The lowest BCUT2D eigenvalue weighted by Gasteiger charge is -2.39. The van der Waals surface area contributed by atoms with Crippen LogP contribution in [0.25, 0.3) is 0 Å². The molecule has 1 saturated heterocycles. The summed E-state index contributed by atoms with van der Waals surface area (Å²) in [6, 6.07) is 17.2. The van der Waals surface area contributed by atoms with E-state index in [4.69, 9.17) is 0 Å². The minimum absolute atomic E-state index is 0.123. The smallest absolute Gasteiger partial charge is 0.227 e. The summed E-state index contributed by atoms with van der Waals surface area (Å²) in [5.74, 6) is -0.147. The number of piperidine rings is 1. The van der Waals surface area contributed by atoms with Crippen molar-refractivity contribution in [3.05, 3.63) is 71.5 Å². The molecule has 28 heavy (non-hydrogen) atoms. The molecule has 1 N–H and O–H groups in total. The Balaban J connectivity index is 1.50. The average Bonchev–Trinajstić information content (AvgIpc) is 2.72.